The first-order valence-corrected chi connectivity index (χ1v) is 9.24. The van der Waals surface area contributed by atoms with Crippen molar-refractivity contribution < 1.29 is 28.0 Å². The van der Waals surface area contributed by atoms with E-state index in [1.807, 2.05) is 0 Å². The molecule has 0 heterocycles. The average molecular weight is 385 g/mol. The van der Waals surface area contributed by atoms with Gasteiger partial charge in [-0.1, -0.05) is 6.07 Å². The molecule has 1 fully saturated rings. The van der Waals surface area contributed by atoms with Gasteiger partial charge in [0.1, 0.15) is 6.04 Å². The summed E-state index contributed by atoms with van der Waals surface area (Å²) in [5, 5.41) is 20.0. The van der Waals surface area contributed by atoms with E-state index in [9.17, 15) is 28.1 Å². The van der Waals surface area contributed by atoms with Gasteiger partial charge in [-0.15, -0.1) is 0 Å². The van der Waals surface area contributed by atoms with Crippen LogP contribution in [0.1, 0.15) is 19.8 Å². The number of carbonyl (C=O) groups excluding carboxylic acids is 1. The van der Waals surface area contributed by atoms with E-state index in [2.05, 4.69) is 0 Å². The van der Waals surface area contributed by atoms with E-state index in [4.69, 9.17) is 5.11 Å². The summed E-state index contributed by atoms with van der Waals surface area (Å²) >= 11 is 0. The molecule has 0 spiro atoms. The van der Waals surface area contributed by atoms with Gasteiger partial charge in [0.25, 0.3) is 5.69 Å². The van der Waals surface area contributed by atoms with Crippen molar-refractivity contribution in [1.82, 2.24) is 9.21 Å². The van der Waals surface area contributed by atoms with Crippen molar-refractivity contribution in [3.63, 3.8) is 0 Å². The molecule has 1 N–H and O–H groups in total. The average Bonchev–Trinajstić information content (AvgIpc) is 3.39. The topological polar surface area (TPSA) is 138 Å². The van der Waals surface area contributed by atoms with Gasteiger partial charge < -0.3 is 10.0 Å². The molecule has 1 aliphatic carbocycles. The van der Waals surface area contributed by atoms with Crippen LogP contribution in [0.5, 0.6) is 0 Å². The molecule has 1 aliphatic rings. The Kier molecular flexibility index (Phi) is 5.62. The van der Waals surface area contributed by atoms with Crippen LogP contribution in [0.2, 0.25) is 0 Å². The van der Waals surface area contributed by atoms with Gasteiger partial charge in [0.15, 0.2) is 0 Å². The van der Waals surface area contributed by atoms with Gasteiger partial charge in [-0.25, -0.2) is 13.2 Å². The summed E-state index contributed by atoms with van der Waals surface area (Å²) in [5.41, 5.74) is -0.384. The lowest BCUT2D eigenvalue weighted by Crippen LogP contribution is -2.49. The molecule has 11 heteroatoms. The molecule has 0 aromatic heterocycles. The number of nitrogens with zero attached hydrogens (tertiary/aromatic N) is 3. The minimum absolute atomic E-state index is 0.206. The van der Waals surface area contributed by atoms with E-state index < -0.39 is 39.4 Å². The Morgan fingerprint density at radius 1 is 1.38 bits per heavy atom. The van der Waals surface area contributed by atoms with Crippen LogP contribution in [0.15, 0.2) is 29.2 Å². The highest BCUT2D eigenvalue weighted by molar-refractivity contribution is 7.89. The number of hydrogen-bond donors (Lipinski definition) is 1. The molecular weight excluding hydrogens is 366 g/mol. The summed E-state index contributed by atoms with van der Waals surface area (Å²) in [6, 6.07) is 3.24. The van der Waals surface area contributed by atoms with Gasteiger partial charge >= 0.3 is 5.97 Å². The first kappa shape index (κ1) is 19.8. The second kappa shape index (κ2) is 7.38. The number of sulfonamides is 1. The number of carbonyl (C=O) groups is 2. The number of nitro groups is 1. The molecule has 1 atom stereocenters. The normalized spacial score (nSPS) is 15.5. The summed E-state index contributed by atoms with van der Waals surface area (Å²) in [6.07, 6.45) is 1.34. The number of non-ortho nitro benzene ring substituents is 1. The number of hydrogen-bond acceptors (Lipinski definition) is 6. The minimum atomic E-state index is -4.14. The number of carboxylic acids is 1. The molecular formula is C15H19N3O7S. The Labute approximate surface area is 150 Å². The van der Waals surface area contributed by atoms with E-state index in [1.165, 1.54) is 31.0 Å². The lowest BCUT2D eigenvalue weighted by molar-refractivity contribution is -0.385. The summed E-state index contributed by atoms with van der Waals surface area (Å²) < 4.78 is 25.9. The fourth-order valence-electron chi connectivity index (χ4n) is 2.50. The van der Waals surface area contributed by atoms with Gasteiger partial charge in [-0.05, 0) is 25.8 Å². The predicted octanol–water partition coefficient (Wildman–Crippen LogP) is 0.679. The lowest BCUT2D eigenvalue weighted by Gasteiger charge is -2.28. The van der Waals surface area contributed by atoms with Crippen molar-refractivity contribution in [2.45, 2.75) is 36.7 Å². The van der Waals surface area contributed by atoms with Crippen molar-refractivity contribution in [1.29, 1.82) is 0 Å². The Hall–Kier alpha value is -2.53. The smallest absolute Gasteiger partial charge is 0.326 e. The van der Waals surface area contributed by atoms with Crippen molar-refractivity contribution >= 4 is 27.6 Å². The molecule has 0 saturated heterocycles. The first-order chi connectivity index (χ1) is 12.1. The molecule has 10 nitrogen and oxygen atoms in total. The SMILES string of the molecule is CC(C(=O)O)N(C(=O)CN(C)S(=O)(=O)c1cccc([N+](=O)[O-])c1)C1CC1. The van der Waals surface area contributed by atoms with Crippen molar-refractivity contribution in [2.75, 3.05) is 13.6 Å². The molecule has 2 rings (SSSR count). The third kappa shape index (κ3) is 4.17. The standard InChI is InChI=1S/C15H19N3O7S/c1-10(15(20)21)17(11-6-7-11)14(19)9-16(2)26(24,25)13-5-3-4-12(8-13)18(22)23/h3-5,8,10-11H,6-7,9H2,1-2H3,(H,20,21). The molecule has 1 amide bonds. The van der Waals surface area contributed by atoms with Crippen molar-refractivity contribution in [3.05, 3.63) is 34.4 Å². The largest absolute Gasteiger partial charge is 0.480 e. The van der Waals surface area contributed by atoms with E-state index in [0.717, 1.165) is 16.4 Å². The maximum Gasteiger partial charge on any atom is 0.326 e. The zero-order valence-electron chi connectivity index (χ0n) is 14.2. The molecule has 1 aromatic rings. The quantitative estimate of drug-likeness (QED) is 0.513. The molecule has 142 valence electrons. The summed E-state index contributed by atoms with van der Waals surface area (Å²) in [6.45, 7) is 0.812. The van der Waals surface area contributed by atoms with E-state index in [-0.39, 0.29) is 16.6 Å². The van der Waals surface area contributed by atoms with Gasteiger partial charge in [0.05, 0.1) is 16.4 Å². The second-order valence-electron chi connectivity index (χ2n) is 6.06. The van der Waals surface area contributed by atoms with Crippen LogP contribution < -0.4 is 0 Å². The molecule has 26 heavy (non-hydrogen) atoms. The summed E-state index contributed by atoms with van der Waals surface area (Å²) in [7, 11) is -2.97. The maximum atomic E-state index is 12.6. The number of likely N-dealkylation sites (N-methyl/N-ethyl adjacent to an activating group) is 1. The third-order valence-electron chi connectivity index (χ3n) is 4.10. The van der Waals surface area contributed by atoms with Crippen LogP contribution >= 0.6 is 0 Å². The lowest BCUT2D eigenvalue weighted by atomic mass is 10.2. The number of carboxylic acid groups (broad SMARTS) is 1. The fourth-order valence-corrected chi connectivity index (χ4v) is 3.66. The Morgan fingerprint density at radius 2 is 2.00 bits per heavy atom. The maximum absolute atomic E-state index is 12.6. The van der Waals surface area contributed by atoms with Crippen LogP contribution in [0.4, 0.5) is 5.69 Å². The number of nitro benzene ring substituents is 1. The highest BCUT2D eigenvalue weighted by Gasteiger charge is 2.39. The number of aliphatic carboxylic acids is 1. The monoisotopic (exact) mass is 385 g/mol. The molecule has 0 bridgehead atoms. The minimum Gasteiger partial charge on any atom is -0.480 e. The Bertz CT molecular complexity index is 835. The highest BCUT2D eigenvalue weighted by atomic mass is 32.2. The number of amides is 1. The van der Waals surface area contributed by atoms with E-state index >= 15 is 0 Å². The molecule has 1 aromatic carbocycles. The molecule has 0 radical (unpaired) electrons. The number of benzene rings is 1. The Morgan fingerprint density at radius 3 is 2.50 bits per heavy atom. The molecule has 0 aliphatic heterocycles. The van der Waals surface area contributed by atoms with Crippen molar-refractivity contribution in [2.24, 2.45) is 0 Å². The van der Waals surface area contributed by atoms with Crippen LogP contribution in [-0.4, -0.2) is 65.2 Å². The van der Waals surface area contributed by atoms with Gasteiger partial charge in [0.2, 0.25) is 15.9 Å². The van der Waals surface area contributed by atoms with E-state index in [1.54, 1.807) is 0 Å². The van der Waals surface area contributed by atoms with Gasteiger partial charge in [-0.2, -0.15) is 4.31 Å². The summed E-state index contributed by atoms with van der Waals surface area (Å²) in [5.74, 6) is -1.80. The van der Waals surface area contributed by atoms with E-state index in [0.29, 0.717) is 12.8 Å². The number of rotatable bonds is 8. The zero-order valence-corrected chi connectivity index (χ0v) is 15.0. The van der Waals surface area contributed by atoms with Gasteiger partial charge in [-0.3, -0.25) is 14.9 Å². The fraction of sp³-hybridized carbons (Fsp3) is 0.467. The Balaban J connectivity index is 2.20. The van der Waals surface area contributed by atoms with Gasteiger partial charge in [0, 0.05) is 25.2 Å². The first-order valence-electron chi connectivity index (χ1n) is 7.80. The van der Waals surface area contributed by atoms with Crippen molar-refractivity contribution in [3.8, 4) is 0 Å². The van der Waals surface area contributed by atoms with Crippen LogP contribution in [0.3, 0.4) is 0 Å². The third-order valence-corrected chi connectivity index (χ3v) is 5.90. The zero-order chi connectivity index (χ0) is 19.6. The predicted molar refractivity (Wildman–Crippen MR) is 89.9 cm³/mol. The van der Waals surface area contributed by atoms with Crippen LogP contribution in [-0.2, 0) is 19.6 Å². The summed E-state index contributed by atoms with van der Waals surface area (Å²) in [4.78, 5) is 34.6. The molecule has 1 saturated carbocycles. The molecule has 1 unspecified atom stereocenters. The van der Waals surface area contributed by atoms with Crippen LogP contribution in [0.25, 0.3) is 0 Å². The second-order valence-corrected chi connectivity index (χ2v) is 8.11. The van der Waals surface area contributed by atoms with Crippen LogP contribution in [0, 0.1) is 10.1 Å². The highest BCUT2D eigenvalue weighted by Crippen LogP contribution is 2.29.